The zero-order valence-electron chi connectivity index (χ0n) is 14.6. The summed E-state index contributed by atoms with van der Waals surface area (Å²) in [6.07, 6.45) is -0.763. The molecule has 0 amide bonds. The van der Waals surface area contributed by atoms with E-state index in [1.165, 1.54) is 24.7 Å². The van der Waals surface area contributed by atoms with E-state index in [2.05, 4.69) is 20.3 Å². The number of nitrogens with one attached hydrogen (secondary N) is 1. The highest BCUT2D eigenvalue weighted by atomic mass is 32.2. The third-order valence-corrected chi connectivity index (χ3v) is 4.81. The molecule has 7 nitrogen and oxygen atoms in total. The first-order valence-electron chi connectivity index (χ1n) is 7.95. The number of nitrogens with zero attached hydrogens (tertiary/aromatic N) is 3. The maximum Gasteiger partial charge on any atom is 0.422 e. The summed E-state index contributed by atoms with van der Waals surface area (Å²) in [5.74, 6) is 0.184. The molecule has 0 atom stereocenters. The fraction of sp³-hybridized carbons (Fsp3) is 0.235. The Labute approximate surface area is 158 Å². The summed E-state index contributed by atoms with van der Waals surface area (Å²) in [5, 5.41) is 3.44. The molecule has 0 aliphatic rings. The molecule has 2 heterocycles. The van der Waals surface area contributed by atoms with Gasteiger partial charge in [0.15, 0.2) is 16.4 Å². The van der Waals surface area contributed by atoms with Gasteiger partial charge in [0.05, 0.1) is 10.4 Å². The minimum absolute atomic E-state index is 0.0657. The van der Waals surface area contributed by atoms with Gasteiger partial charge in [-0.25, -0.2) is 23.4 Å². The first-order valence-corrected chi connectivity index (χ1v) is 9.85. The zero-order chi connectivity index (χ0) is 20.4. The molecule has 0 saturated heterocycles. The van der Waals surface area contributed by atoms with Crippen LogP contribution in [-0.4, -0.2) is 42.4 Å². The van der Waals surface area contributed by atoms with Crippen molar-refractivity contribution in [3.8, 4) is 5.88 Å². The molecule has 0 unspecified atom stereocenters. The topological polar surface area (TPSA) is 94.1 Å². The van der Waals surface area contributed by atoms with Crippen molar-refractivity contribution in [1.82, 2.24) is 15.0 Å². The normalized spacial score (nSPS) is 12.1. The number of halogens is 3. The Morgan fingerprint density at radius 2 is 1.93 bits per heavy atom. The first-order chi connectivity index (χ1) is 13.1. The van der Waals surface area contributed by atoms with Gasteiger partial charge in [0.25, 0.3) is 0 Å². The molecule has 0 spiro atoms. The molecule has 1 N–H and O–H groups in total. The van der Waals surface area contributed by atoms with Crippen molar-refractivity contribution in [2.24, 2.45) is 0 Å². The summed E-state index contributed by atoms with van der Waals surface area (Å²) in [7, 11) is -3.43. The number of pyridine rings is 1. The SMILES string of the molecule is CS(=O)(=O)c1ccc2ncnc(NCc3cccnc3OCC(F)(F)F)c2c1. The van der Waals surface area contributed by atoms with Crippen LogP contribution in [0, 0.1) is 0 Å². The van der Waals surface area contributed by atoms with Gasteiger partial charge >= 0.3 is 6.18 Å². The molecule has 148 valence electrons. The average molecular weight is 412 g/mol. The molecule has 0 bridgehead atoms. The van der Waals surface area contributed by atoms with E-state index in [-0.39, 0.29) is 17.3 Å². The van der Waals surface area contributed by atoms with E-state index in [0.717, 1.165) is 6.26 Å². The van der Waals surface area contributed by atoms with Gasteiger partial charge in [-0.1, -0.05) is 6.07 Å². The van der Waals surface area contributed by atoms with Crippen LogP contribution < -0.4 is 10.1 Å². The van der Waals surface area contributed by atoms with Crippen molar-refractivity contribution in [3.05, 3.63) is 48.4 Å². The van der Waals surface area contributed by atoms with Gasteiger partial charge in [-0.15, -0.1) is 0 Å². The van der Waals surface area contributed by atoms with Gasteiger partial charge in [-0.05, 0) is 24.3 Å². The largest absolute Gasteiger partial charge is 0.468 e. The fourth-order valence-electron chi connectivity index (χ4n) is 2.43. The van der Waals surface area contributed by atoms with E-state index in [1.54, 1.807) is 18.2 Å². The lowest BCUT2D eigenvalue weighted by Crippen LogP contribution is -2.20. The summed E-state index contributed by atoms with van der Waals surface area (Å²) in [5.41, 5.74) is 0.905. The molecule has 2 aromatic heterocycles. The Hall–Kier alpha value is -2.95. The Bertz CT molecular complexity index is 1100. The van der Waals surface area contributed by atoms with Crippen molar-refractivity contribution in [3.63, 3.8) is 0 Å². The molecule has 0 fully saturated rings. The lowest BCUT2D eigenvalue weighted by Gasteiger charge is -2.13. The van der Waals surface area contributed by atoms with Gasteiger partial charge < -0.3 is 10.1 Å². The van der Waals surface area contributed by atoms with Crippen molar-refractivity contribution in [2.45, 2.75) is 17.6 Å². The molecular formula is C17H15F3N4O3S. The third kappa shape index (κ3) is 4.85. The van der Waals surface area contributed by atoms with Gasteiger partial charge in [0.1, 0.15) is 12.1 Å². The summed E-state index contributed by atoms with van der Waals surface area (Å²) >= 11 is 0. The number of rotatable bonds is 6. The van der Waals surface area contributed by atoms with Gasteiger partial charge in [-0.3, -0.25) is 0 Å². The number of hydrogen-bond donors (Lipinski definition) is 1. The number of ether oxygens (including phenoxy) is 1. The molecule has 0 aliphatic heterocycles. The van der Waals surface area contributed by atoms with Crippen molar-refractivity contribution < 1.29 is 26.3 Å². The predicted molar refractivity (Wildman–Crippen MR) is 95.8 cm³/mol. The molecule has 0 saturated carbocycles. The number of sulfone groups is 1. The van der Waals surface area contributed by atoms with E-state index in [9.17, 15) is 21.6 Å². The quantitative estimate of drug-likeness (QED) is 0.665. The van der Waals surface area contributed by atoms with Crippen molar-refractivity contribution >= 4 is 26.6 Å². The van der Waals surface area contributed by atoms with E-state index < -0.39 is 22.6 Å². The molecule has 0 aliphatic carbocycles. The number of aromatic nitrogens is 3. The molecule has 0 radical (unpaired) electrons. The Morgan fingerprint density at radius 1 is 1.14 bits per heavy atom. The second kappa shape index (κ2) is 7.58. The minimum Gasteiger partial charge on any atom is -0.468 e. The summed E-state index contributed by atoms with van der Waals surface area (Å²) in [6, 6.07) is 7.57. The van der Waals surface area contributed by atoms with Crippen LogP contribution >= 0.6 is 0 Å². The fourth-order valence-corrected chi connectivity index (χ4v) is 3.07. The van der Waals surface area contributed by atoms with Crippen LogP contribution in [0.15, 0.2) is 47.8 Å². The Balaban J connectivity index is 1.86. The number of alkyl halides is 3. The Kier molecular flexibility index (Phi) is 5.36. The molecule has 11 heteroatoms. The van der Waals surface area contributed by atoms with Gasteiger partial charge in [0.2, 0.25) is 5.88 Å². The molecule has 28 heavy (non-hydrogen) atoms. The van der Waals surface area contributed by atoms with Gasteiger partial charge in [-0.2, -0.15) is 13.2 Å². The number of hydrogen-bond acceptors (Lipinski definition) is 7. The summed E-state index contributed by atoms with van der Waals surface area (Å²) in [4.78, 5) is 12.1. The summed E-state index contributed by atoms with van der Waals surface area (Å²) < 4.78 is 65.5. The van der Waals surface area contributed by atoms with E-state index in [0.29, 0.717) is 22.3 Å². The second-order valence-corrected chi connectivity index (χ2v) is 7.91. The predicted octanol–water partition coefficient (Wildman–Crippen LogP) is 2.98. The molecule has 3 rings (SSSR count). The molecule has 3 aromatic rings. The smallest absolute Gasteiger partial charge is 0.422 e. The lowest BCUT2D eigenvalue weighted by atomic mass is 10.2. The van der Waals surface area contributed by atoms with Gasteiger partial charge in [0, 0.05) is 29.9 Å². The Morgan fingerprint density at radius 3 is 2.64 bits per heavy atom. The number of benzene rings is 1. The highest BCUT2D eigenvalue weighted by Gasteiger charge is 2.29. The highest BCUT2D eigenvalue weighted by molar-refractivity contribution is 7.90. The average Bonchev–Trinajstić information content (AvgIpc) is 2.63. The van der Waals surface area contributed by atoms with Crippen LogP contribution in [0.25, 0.3) is 10.9 Å². The number of anilines is 1. The van der Waals surface area contributed by atoms with Crippen molar-refractivity contribution in [1.29, 1.82) is 0 Å². The van der Waals surface area contributed by atoms with Crippen LogP contribution in [-0.2, 0) is 16.4 Å². The summed E-state index contributed by atoms with van der Waals surface area (Å²) in [6.45, 7) is -1.39. The maximum atomic E-state index is 12.4. The lowest BCUT2D eigenvalue weighted by molar-refractivity contribution is -0.154. The highest BCUT2D eigenvalue weighted by Crippen LogP contribution is 2.25. The van der Waals surface area contributed by atoms with Crippen LogP contribution in [0.3, 0.4) is 0 Å². The maximum absolute atomic E-state index is 12.4. The zero-order valence-corrected chi connectivity index (χ0v) is 15.4. The van der Waals surface area contributed by atoms with Crippen LogP contribution in [0.4, 0.5) is 19.0 Å². The second-order valence-electron chi connectivity index (χ2n) is 5.90. The minimum atomic E-state index is -4.48. The number of fused-ring (bicyclic) bond motifs is 1. The van der Waals surface area contributed by atoms with Crippen LogP contribution in [0.2, 0.25) is 0 Å². The first kappa shape index (κ1) is 19.8. The van der Waals surface area contributed by atoms with E-state index in [1.807, 2.05) is 0 Å². The molecule has 1 aromatic carbocycles. The molecular weight excluding hydrogens is 397 g/mol. The standard InChI is InChI=1S/C17H15F3N4O3S/c1-28(25,26)12-4-5-14-13(7-12)15(24-10-23-14)22-8-11-3-2-6-21-16(11)27-9-17(18,19)20/h2-7,10H,8-9H2,1H3,(H,22,23,24). The van der Waals surface area contributed by atoms with E-state index >= 15 is 0 Å². The van der Waals surface area contributed by atoms with Crippen LogP contribution in [0.5, 0.6) is 5.88 Å². The monoisotopic (exact) mass is 412 g/mol. The van der Waals surface area contributed by atoms with Crippen molar-refractivity contribution in [2.75, 3.05) is 18.2 Å². The van der Waals surface area contributed by atoms with Crippen LogP contribution in [0.1, 0.15) is 5.56 Å². The van der Waals surface area contributed by atoms with E-state index in [4.69, 9.17) is 4.74 Å². The third-order valence-electron chi connectivity index (χ3n) is 3.70.